The van der Waals surface area contributed by atoms with Crippen molar-refractivity contribution in [1.29, 1.82) is 0 Å². The molecule has 0 saturated heterocycles. The van der Waals surface area contributed by atoms with Crippen molar-refractivity contribution < 1.29 is 9.84 Å². The van der Waals surface area contributed by atoms with Crippen LogP contribution in [-0.2, 0) is 5.11 Å². The van der Waals surface area contributed by atoms with Gasteiger partial charge in [0.2, 0.25) is 0 Å². The SMILES string of the molecule is [O]C1CCC(Oc2cc[c]cc2)C2CCCC1CC2. The Bertz CT molecular complexity index is 390. The Labute approximate surface area is 115 Å². The number of fused-ring (bicyclic) bond motifs is 3. The van der Waals surface area contributed by atoms with E-state index in [9.17, 15) is 5.11 Å². The van der Waals surface area contributed by atoms with E-state index in [1.807, 2.05) is 24.3 Å². The van der Waals surface area contributed by atoms with Gasteiger partial charge in [0.15, 0.2) is 0 Å². The van der Waals surface area contributed by atoms with Crippen LogP contribution in [-0.4, -0.2) is 12.2 Å². The van der Waals surface area contributed by atoms with Crippen molar-refractivity contribution in [3.8, 4) is 5.75 Å². The summed E-state index contributed by atoms with van der Waals surface area (Å²) >= 11 is 0. The predicted molar refractivity (Wildman–Crippen MR) is 73.5 cm³/mol. The highest BCUT2D eigenvalue weighted by Gasteiger charge is 2.34. The minimum Gasteiger partial charge on any atom is -0.490 e. The second kappa shape index (κ2) is 5.96. The molecule has 2 aliphatic carbocycles. The van der Waals surface area contributed by atoms with Crippen molar-refractivity contribution in [3.05, 3.63) is 30.3 Å². The fourth-order valence-electron chi connectivity index (χ4n) is 3.68. The molecule has 2 radical (unpaired) electrons. The topological polar surface area (TPSA) is 29.1 Å². The zero-order valence-corrected chi connectivity index (χ0v) is 11.4. The third kappa shape index (κ3) is 3.11. The zero-order valence-electron chi connectivity index (χ0n) is 11.4. The van der Waals surface area contributed by atoms with Crippen molar-refractivity contribution in [2.24, 2.45) is 11.8 Å². The van der Waals surface area contributed by atoms with Gasteiger partial charge in [-0.2, -0.15) is 0 Å². The molecule has 0 N–H and O–H groups in total. The van der Waals surface area contributed by atoms with Crippen LogP contribution < -0.4 is 4.74 Å². The molecule has 2 bridgehead atoms. The molecule has 102 valence electrons. The largest absolute Gasteiger partial charge is 0.490 e. The Morgan fingerprint density at radius 3 is 2.53 bits per heavy atom. The first kappa shape index (κ1) is 13.0. The molecule has 1 aromatic carbocycles. The molecular weight excluding hydrogens is 236 g/mol. The molecule has 2 heteroatoms. The average Bonchev–Trinajstić information content (AvgIpc) is 2.66. The summed E-state index contributed by atoms with van der Waals surface area (Å²) in [4.78, 5) is 0. The van der Waals surface area contributed by atoms with Crippen molar-refractivity contribution in [3.63, 3.8) is 0 Å². The third-order valence-corrected chi connectivity index (χ3v) is 4.82. The lowest BCUT2D eigenvalue weighted by molar-refractivity contribution is -0.00114. The average molecular weight is 258 g/mol. The molecule has 4 atom stereocenters. The Morgan fingerprint density at radius 2 is 1.68 bits per heavy atom. The lowest BCUT2D eigenvalue weighted by Gasteiger charge is -2.30. The number of rotatable bonds is 2. The molecular formula is C17H22O2. The first-order valence-corrected chi connectivity index (χ1v) is 7.61. The molecule has 2 nitrogen and oxygen atoms in total. The molecule has 3 rings (SSSR count). The second-order valence-corrected chi connectivity index (χ2v) is 6.04. The normalized spacial score (nSPS) is 35.2. The summed E-state index contributed by atoms with van der Waals surface area (Å²) in [5.41, 5.74) is 0. The lowest BCUT2D eigenvalue weighted by atomic mass is 9.84. The van der Waals surface area contributed by atoms with Gasteiger partial charge in [0.1, 0.15) is 11.9 Å². The van der Waals surface area contributed by atoms with Crippen LogP contribution in [0.2, 0.25) is 0 Å². The summed E-state index contributed by atoms with van der Waals surface area (Å²) in [5.74, 6) is 1.99. The molecule has 4 unspecified atom stereocenters. The van der Waals surface area contributed by atoms with E-state index in [-0.39, 0.29) is 12.2 Å². The van der Waals surface area contributed by atoms with Gasteiger partial charge in [-0.15, -0.1) is 0 Å². The molecule has 0 aromatic heterocycles. The standard InChI is InChI=1S/C17H22O2/c18-16-11-12-17(19-15-7-2-1-3-8-15)14-6-4-5-13(16)9-10-14/h2-3,7-8,13-14,16-17H,4-6,9-12H2. The van der Waals surface area contributed by atoms with Gasteiger partial charge in [-0.05, 0) is 68.6 Å². The van der Waals surface area contributed by atoms with Crippen LogP contribution in [0.5, 0.6) is 5.75 Å². The van der Waals surface area contributed by atoms with Gasteiger partial charge in [-0.25, -0.2) is 5.11 Å². The Balaban J connectivity index is 1.72. The monoisotopic (exact) mass is 258 g/mol. The summed E-state index contributed by atoms with van der Waals surface area (Å²) in [7, 11) is 0. The first-order chi connectivity index (χ1) is 9.33. The quantitative estimate of drug-likeness (QED) is 0.787. The van der Waals surface area contributed by atoms with Gasteiger partial charge in [-0.3, -0.25) is 0 Å². The van der Waals surface area contributed by atoms with Crippen LogP contribution in [0.15, 0.2) is 24.3 Å². The maximum atomic E-state index is 12.2. The number of hydrogen-bond acceptors (Lipinski definition) is 1. The summed E-state index contributed by atoms with van der Waals surface area (Å²) in [6.45, 7) is 0. The van der Waals surface area contributed by atoms with Crippen LogP contribution in [0.4, 0.5) is 0 Å². The molecule has 0 aliphatic heterocycles. The maximum absolute atomic E-state index is 12.2. The summed E-state index contributed by atoms with van der Waals surface area (Å²) in [6, 6.07) is 10.7. The highest BCUT2D eigenvalue weighted by Crippen LogP contribution is 2.37. The third-order valence-electron chi connectivity index (χ3n) is 4.82. The number of ether oxygens (including phenoxy) is 1. The summed E-state index contributed by atoms with van der Waals surface area (Å²) < 4.78 is 6.16. The highest BCUT2D eigenvalue weighted by atomic mass is 16.5. The number of benzene rings is 1. The first-order valence-electron chi connectivity index (χ1n) is 7.61. The van der Waals surface area contributed by atoms with E-state index in [1.54, 1.807) is 0 Å². The summed E-state index contributed by atoms with van der Waals surface area (Å²) in [5, 5.41) is 12.2. The van der Waals surface area contributed by atoms with Gasteiger partial charge >= 0.3 is 0 Å². The maximum Gasteiger partial charge on any atom is 0.119 e. The molecule has 2 fully saturated rings. The van der Waals surface area contributed by atoms with E-state index in [2.05, 4.69) is 6.07 Å². The minimum atomic E-state index is -0.366. The smallest absolute Gasteiger partial charge is 0.119 e. The Kier molecular flexibility index (Phi) is 4.07. The van der Waals surface area contributed by atoms with Crippen LogP contribution >= 0.6 is 0 Å². The van der Waals surface area contributed by atoms with Gasteiger partial charge in [0, 0.05) is 0 Å². The highest BCUT2D eigenvalue weighted by molar-refractivity contribution is 5.20. The predicted octanol–water partition coefficient (Wildman–Crippen LogP) is 4.02. The molecule has 0 spiro atoms. The molecule has 0 heterocycles. The summed E-state index contributed by atoms with van der Waals surface area (Å²) in [6.07, 6.45) is 7.43. The minimum absolute atomic E-state index is 0.234. The lowest BCUT2D eigenvalue weighted by Crippen LogP contribution is -2.31. The Hall–Kier alpha value is -1.02. The van der Waals surface area contributed by atoms with Gasteiger partial charge in [0.05, 0.1) is 6.10 Å². The molecule has 2 aliphatic rings. The van der Waals surface area contributed by atoms with Crippen molar-refractivity contribution in [2.75, 3.05) is 0 Å². The van der Waals surface area contributed by atoms with Gasteiger partial charge in [0.25, 0.3) is 0 Å². The van der Waals surface area contributed by atoms with Gasteiger partial charge < -0.3 is 4.74 Å². The fraction of sp³-hybridized carbons (Fsp3) is 0.647. The van der Waals surface area contributed by atoms with Crippen molar-refractivity contribution in [2.45, 2.75) is 57.2 Å². The van der Waals surface area contributed by atoms with Crippen LogP contribution in [0.25, 0.3) is 0 Å². The van der Waals surface area contributed by atoms with Gasteiger partial charge in [-0.1, -0.05) is 18.6 Å². The van der Waals surface area contributed by atoms with Crippen molar-refractivity contribution >= 4 is 0 Å². The van der Waals surface area contributed by atoms with E-state index in [1.165, 1.54) is 19.3 Å². The Morgan fingerprint density at radius 1 is 0.947 bits per heavy atom. The van der Waals surface area contributed by atoms with Crippen LogP contribution in [0, 0.1) is 17.9 Å². The zero-order chi connectivity index (χ0) is 13.1. The fourth-order valence-corrected chi connectivity index (χ4v) is 3.68. The van der Waals surface area contributed by atoms with Crippen molar-refractivity contribution in [1.82, 2.24) is 0 Å². The van der Waals surface area contributed by atoms with Crippen LogP contribution in [0.3, 0.4) is 0 Å². The number of hydrogen-bond donors (Lipinski definition) is 0. The molecule has 0 amide bonds. The van der Waals surface area contributed by atoms with E-state index >= 15 is 0 Å². The molecule has 1 aromatic rings. The molecule has 2 saturated carbocycles. The van der Waals surface area contributed by atoms with E-state index in [0.29, 0.717) is 11.8 Å². The molecule has 19 heavy (non-hydrogen) atoms. The van der Waals surface area contributed by atoms with E-state index < -0.39 is 0 Å². The van der Waals surface area contributed by atoms with Crippen LogP contribution in [0.1, 0.15) is 44.9 Å². The second-order valence-electron chi connectivity index (χ2n) is 6.04. The van der Waals surface area contributed by atoms with E-state index in [4.69, 9.17) is 4.74 Å². The van der Waals surface area contributed by atoms with E-state index in [0.717, 1.165) is 31.4 Å².